The zero-order valence-electron chi connectivity index (χ0n) is 16.1. The van der Waals surface area contributed by atoms with E-state index in [-0.39, 0.29) is 0 Å². The Labute approximate surface area is 157 Å². The van der Waals surface area contributed by atoms with E-state index in [0.717, 1.165) is 25.7 Å². The molecule has 0 amide bonds. The van der Waals surface area contributed by atoms with Crippen LogP contribution in [0, 0.1) is 11.8 Å². The van der Waals surface area contributed by atoms with E-state index in [1.807, 2.05) is 24.5 Å². The van der Waals surface area contributed by atoms with Crippen LogP contribution >= 0.6 is 0 Å². The summed E-state index contributed by atoms with van der Waals surface area (Å²) < 4.78 is 11.5. The van der Waals surface area contributed by atoms with Gasteiger partial charge >= 0.3 is 0 Å². The summed E-state index contributed by atoms with van der Waals surface area (Å²) in [6, 6.07) is 4.08. The van der Waals surface area contributed by atoms with Gasteiger partial charge in [0.2, 0.25) is 0 Å². The van der Waals surface area contributed by atoms with Crippen molar-refractivity contribution in [3.63, 3.8) is 0 Å². The van der Waals surface area contributed by atoms with Crippen LogP contribution in [0.25, 0.3) is 0 Å². The second kappa shape index (κ2) is 8.34. The van der Waals surface area contributed by atoms with Gasteiger partial charge in [-0.15, -0.1) is 0 Å². The van der Waals surface area contributed by atoms with E-state index in [0.29, 0.717) is 18.1 Å². The van der Waals surface area contributed by atoms with E-state index in [1.54, 1.807) is 0 Å². The van der Waals surface area contributed by atoms with Gasteiger partial charge < -0.3 is 9.47 Å². The van der Waals surface area contributed by atoms with Crippen LogP contribution in [0.2, 0.25) is 0 Å². The summed E-state index contributed by atoms with van der Waals surface area (Å²) in [7, 11) is 2.32. The molecule has 5 nitrogen and oxygen atoms in total. The molecule has 3 aliphatic heterocycles. The molecule has 0 aromatic carbocycles. The van der Waals surface area contributed by atoms with Crippen molar-refractivity contribution in [3.8, 4) is 0 Å². The predicted molar refractivity (Wildman–Crippen MR) is 102 cm³/mol. The molecule has 26 heavy (non-hydrogen) atoms. The van der Waals surface area contributed by atoms with Crippen molar-refractivity contribution < 1.29 is 9.47 Å². The lowest BCUT2D eigenvalue weighted by molar-refractivity contribution is -0.0982. The van der Waals surface area contributed by atoms with Gasteiger partial charge in [0.25, 0.3) is 0 Å². The van der Waals surface area contributed by atoms with E-state index < -0.39 is 0 Å². The van der Waals surface area contributed by atoms with Gasteiger partial charge in [-0.2, -0.15) is 0 Å². The molecule has 0 radical (unpaired) electrons. The Bertz CT molecular complexity index is 556. The lowest BCUT2D eigenvalue weighted by atomic mass is 9.75. The maximum atomic E-state index is 6.03. The van der Waals surface area contributed by atoms with Crippen molar-refractivity contribution in [1.29, 1.82) is 0 Å². The fourth-order valence-corrected chi connectivity index (χ4v) is 4.95. The Morgan fingerprint density at radius 2 is 1.92 bits per heavy atom. The van der Waals surface area contributed by atoms with Crippen molar-refractivity contribution in [1.82, 2.24) is 14.8 Å². The molecule has 0 saturated carbocycles. The van der Waals surface area contributed by atoms with Gasteiger partial charge in [-0.25, -0.2) is 0 Å². The van der Waals surface area contributed by atoms with Crippen LogP contribution < -0.4 is 0 Å². The highest BCUT2D eigenvalue weighted by atomic mass is 16.5. The van der Waals surface area contributed by atoms with E-state index in [9.17, 15) is 0 Å². The Morgan fingerprint density at radius 3 is 2.69 bits per heavy atom. The summed E-state index contributed by atoms with van der Waals surface area (Å²) in [5.74, 6) is 1.53. The van der Waals surface area contributed by atoms with Crippen LogP contribution in [0.15, 0.2) is 24.5 Å². The standard InChI is InChI=1S/C21H33N3O2/c1-23-9-4-20(15-26-14-19-2-7-22-8-3-19)12-21(23)16-24(17-21)13-18-5-10-25-11-6-18/h2-3,7-8,18,20H,4-6,9-17H2,1H3/t20-/m0/s1. The number of pyridine rings is 1. The molecule has 5 heteroatoms. The van der Waals surface area contributed by atoms with Crippen molar-refractivity contribution in [3.05, 3.63) is 30.1 Å². The zero-order chi connectivity index (χ0) is 17.8. The summed E-state index contributed by atoms with van der Waals surface area (Å²) in [5.41, 5.74) is 1.61. The van der Waals surface area contributed by atoms with Crippen molar-refractivity contribution in [2.45, 2.75) is 37.8 Å². The maximum absolute atomic E-state index is 6.03. The highest BCUT2D eigenvalue weighted by Crippen LogP contribution is 2.39. The molecule has 144 valence electrons. The van der Waals surface area contributed by atoms with E-state index in [1.165, 1.54) is 57.4 Å². The molecule has 0 aliphatic carbocycles. The van der Waals surface area contributed by atoms with Crippen LogP contribution in [0.4, 0.5) is 0 Å². The van der Waals surface area contributed by atoms with Crippen LogP contribution in [0.1, 0.15) is 31.2 Å². The Morgan fingerprint density at radius 1 is 1.15 bits per heavy atom. The van der Waals surface area contributed by atoms with E-state index >= 15 is 0 Å². The minimum absolute atomic E-state index is 0.397. The second-order valence-electron chi connectivity index (χ2n) is 8.60. The molecule has 4 rings (SSSR count). The smallest absolute Gasteiger partial charge is 0.0718 e. The summed E-state index contributed by atoms with van der Waals surface area (Å²) in [5, 5.41) is 0. The molecule has 3 aliphatic rings. The number of likely N-dealkylation sites (tertiary alicyclic amines) is 2. The number of hydrogen-bond acceptors (Lipinski definition) is 5. The fraction of sp³-hybridized carbons (Fsp3) is 0.762. The molecule has 3 saturated heterocycles. The molecule has 1 aromatic heterocycles. The normalized spacial score (nSPS) is 27.5. The number of piperidine rings is 1. The zero-order valence-corrected chi connectivity index (χ0v) is 16.1. The lowest BCUT2D eigenvalue weighted by Gasteiger charge is -2.59. The summed E-state index contributed by atoms with van der Waals surface area (Å²) in [4.78, 5) is 9.36. The number of nitrogens with zero attached hydrogens (tertiary/aromatic N) is 3. The number of aromatic nitrogens is 1. The van der Waals surface area contributed by atoms with Gasteiger partial charge in [0.05, 0.1) is 6.61 Å². The average molecular weight is 360 g/mol. The Kier molecular flexibility index (Phi) is 5.89. The minimum atomic E-state index is 0.397. The first-order valence-electron chi connectivity index (χ1n) is 10.2. The number of likely N-dealkylation sites (N-methyl/N-ethyl adjacent to an activating group) is 1. The monoisotopic (exact) mass is 359 g/mol. The van der Waals surface area contributed by atoms with Crippen molar-refractivity contribution in [2.24, 2.45) is 11.8 Å². The second-order valence-corrected chi connectivity index (χ2v) is 8.60. The average Bonchev–Trinajstić information content (AvgIpc) is 2.65. The topological polar surface area (TPSA) is 37.8 Å². The van der Waals surface area contributed by atoms with Crippen molar-refractivity contribution in [2.75, 3.05) is 53.0 Å². The third-order valence-corrected chi connectivity index (χ3v) is 6.62. The third-order valence-electron chi connectivity index (χ3n) is 6.62. The summed E-state index contributed by atoms with van der Waals surface area (Å²) in [6.45, 7) is 8.45. The molecule has 0 unspecified atom stereocenters. The molecule has 1 atom stereocenters. The molecular formula is C21H33N3O2. The third kappa shape index (κ3) is 4.28. The van der Waals surface area contributed by atoms with Crippen molar-refractivity contribution >= 4 is 0 Å². The van der Waals surface area contributed by atoms with Gasteiger partial charge in [0.15, 0.2) is 0 Å². The molecule has 0 N–H and O–H groups in total. The first-order valence-corrected chi connectivity index (χ1v) is 10.2. The number of rotatable bonds is 6. The Hall–Kier alpha value is -1.01. The summed E-state index contributed by atoms with van der Waals surface area (Å²) in [6.07, 6.45) is 8.70. The van der Waals surface area contributed by atoms with Gasteiger partial charge in [-0.3, -0.25) is 14.8 Å². The Balaban J connectivity index is 1.22. The van der Waals surface area contributed by atoms with E-state index in [4.69, 9.17) is 9.47 Å². The highest BCUT2D eigenvalue weighted by Gasteiger charge is 2.49. The molecule has 4 heterocycles. The number of ether oxygens (including phenoxy) is 2. The SMILES string of the molecule is CN1CC[C@H](COCc2ccncc2)CC12CN(CC1CCOCC1)C2. The summed E-state index contributed by atoms with van der Waals surface area (Å²) >= 11 is 0. The van der Waals surface area contributed by atoms with Crippen LogP contribution in [-0.4, -0.2) is 73.4 Å². The van der Waals surface area contributed by atoms with Gasteiger partial charge in [0.1, 0.15) is 0 Å². The maximum Gasteiger partial charge on any atom is 0.0718 e. The molecule has 1 aromatic rings. The molecule has 0 bridgehead atoms. The number of hydrogen-bond donors (Lipinski definition) is 0. The molecule has 1 spiro atoms. The van der Waals surface area contributed by atoms with Crippen LogP contribution in [-0.2, 0) is 16.1 Å². The van der Waals surface area contributed by atoms with E-state index in [2.05, 4.69) is 21.8 Å². The molecular weight excluding hydrogens is 326 g/mol. The predicted octanol–water partition coefficient (Wildman–Crippen LogP) is 2.42. The van der Waals surface area contributed by atoms with Crippen LogP contribution in [0.3, 0.4) is 0 Å². The quantitative estimate of drug-likeness (QED) is 0.780. The largest absolute Gasteiger partial charge is 0.381 e. The fourth-order valence-electron chi connectivity index (χ4n) is 4.95. The van der Waals surface area contributed by atoms with Crippen LogP contribution in [0.5, 0.6) is 0 Å². The molecule has 3 fully saturated rings. The highest BCUT2D eigenvalue weighted by molar-refractivity contribution is 5.08. The first-order chi connectivity index (χ1) is 12.7. The first kappa shape index (κ1) is 18.4. The van der Waals surface area contributed by atoms with Gasteiger partial charge in [-0.1, -0.05) is 0 Å². The van der Waals surface area contributed by atoms with Gasteiger partial charge in [0, 0.05) is 57.4 Å². The lowest BCUT2D eigenvalue weighted by Crippen LogP contribution is -2.72. The minimum Gasteiger partial charge on any atom is -0.381 e. The van der Waals surface area contributed by atoms with Gasteiger partial charge in [-0.05, 0) is 68.8 Å².